The van der Waals surface area contributed by atoms with Crippen molar-refractivity contribution in [3.05, 3.63) is 51.3 Å². The molecule has 5 aromatic rings. The molecule has 2 N–H and O–H groups in total. The summed E-state index contributed by atoms with van der Waals surface area (Å²) in [7, 11) is 0. The normalized spacial score (nSPS) is 11.6. The molecule has 0 atom stereocenters. The van der Waals surface area contributed by atoms with Crippen LogP contribution in [0.4, 0.5) is 13.2 Å². The van der Waals surface area contributed by atoms with Gasteiger partial charge in [-0.15, -0.1) is 10.2 Å². The van der Waals surface area contributed by atoms with Gasteiger partial charge in [-0.05, 0) is 34.5 Å². The SMILES string of the molecule is CCCCCn1c2nc(Br)[nH]c2c(=O)n2c(CCc3noc(-c4cccnc4)n3)nnc12.O=C(O)C(F)(F)F. The van der Waals surface area contributed by atoms with E-state index >= 15 is 0 Å². The summed E-state index contributed by atoms with van der Waals surface area (Å²) < 4.78 is 41.1. The Kier molecular flexibility index (Phi) is 8.37. The number of carbonyl (C=O) groups is 1. The number of pyridine rings is 1. The van der Waals surface area contributed by atoms with Gasteiger partial charge in [0.1, 0.15) is 5.82 Å². The average molecular weight is 612 g/mol. The second-order valence-corrected chi connectivity index (χ2v) is 8.95. The molecule has 0 aromatic carbocycles. The zero-order valence-corrected chi connectivity index (χ0v) is 21.9. The van der Waals surface area contributed by atoms with Crippen LogP contribution in [0.5, 0.6) is 0 Å². The summed E-state index contributed by atoms with van der Waals surface area (Å²) in [5.41, 5.74) is 1.51. The highest BCUT2D eigenvalue weighted by Crippen LogP contribution is 2.18. The molecule has 206 valence electrons. The van der Waals surface area contributed by atoms with Crippen molar-refractivity contribution >= 4 is 38.8 Å². The van der Waals surface area contributed by atoms with Gasteiger partial charge in [0, 0.05) is 31.8 Å². The lowest BCUT2D eigenvalue weighted by molar-refractivity contribution is -0.192. The standard InChI is InChI=1S/C20H20BrN9O2.C2HF3O2/c1-2-3-4-10-29-16-15(24-19(21)25-16)18(31)30-14(26-27-20(29)30)8-7-13-23-17(32-28-13)12-6-5-9-22-11-12;3-2(4,5)1(6)7/h5-6,9,11H,2-4,7-8,10H2,1H3,(H,24,25);(H,6,7). The molecule has 0 unspecified atom stereocenters. The van der Waals surface area contributed by atoms with E-state index in [1.807, 2.05) is 16.7 Å². The molecule has 0 aliphatic rings. The maximum atomic E-state index is 13.2. The number of carboxylic acids is 1. The van der Waals surface area contributed by atoms with E-state index < -0.39 is 12.1 Å². The number of halogens is 4. The van der Waals surface area contributed by atoms with E-state index in [-0.39, 0.29) is 5.56 Å². The number of fused-ring (bicyclic) bond motifs is 2. The second-order valence-electron chi connectivity index (χ2n) is 8.20. The maximum absolute atomic E-state index is 13.2. The molecule has 0 radical (unpaired) electrons. The topological polar surface area (TPSA) is 170 Å². The highest BCUT2D eigenvalue weighted by Gasteiger charge is 2.38. The molecule has 0 amide bonds. The molecule has 5 heterocycles. The van der Waals surface area contributed by atoms with E-state index in [0.29, 0.717) is 58.6 Å². The van der Waals surface area contributed by atoms with Crippen LogP contribution in [0, 0.1) is 0 Å². The highest BCUT2D eigenvalue weighted by atomic mass is 79.9. The Balaban J connectivity index is 0.000000448. The molecule has 0 saturated carbocycles. The van der Waals surface area contributed by atoms with Crippen LogP contribution in [0.15, 0.2) is 38.6 Å². The average Bonchev–Trinajstić information content (AvgIpc) is 3.64. The predicted octanol–water partition coefficient (Wildman–Crippen LogP) is 3.58. The molecule has 17 heteroatoms. The fourth-order valence-electron chi connectivity index (χ4n) is 3.65. The first-order valence-corrected chi connectivity index (χ1v) is 12.4. The smallest absolute Gasteiger partial charge is 0.475 e. The summed E-state index contributed by atoms with van der Waals surface area (Å²) in [4.78, 5) is 38.0. The summed E-state index contributed by atoms with van der Waals surface area (Å²) in [5.74, 6) is -0.811. The highest BCUT2D eigenvalue weighted by molar-refractivity contribution is 9.10. The zero-order valence-electron chi connectivity index (χ0n) is 20.3. The number of aryl methyl sites for hydroxylation is 3. The largest absolute Gasteiger partial charge is 0.490 e. The van der Waals surface area contributed by atoms with Gasteiger partial charge in [0.05, 0.1) is 5.56 Å². The van der Waals surface area contributed by atoms with Gasteiger partial charge < -0.3 is 14.6 Å². The lowest BCUT2D eigenvalue weighted by atomic mass is 10.2. The fraction of sp³-hybridized carbons (Fsp3) is 0.364. The first-order chi connectivity index (χ1) is 18.6. The summed E-state index contributed by atoms with van der Waals surface area (Å²) in [6, 6.07) is 3.66. The molecule has 0 aliphatic heterocycles. The Morgan fingerprint density at radius 3 is 2.64 bits per heavy atom. The number of aromatic nitrogens is 9. The second kappa shape index (κ2) is 11.7. The molecule has 13 nitrogen and oxygen atoms in total. The number of nitrogens with one attached hydrogen (secondary N) is 1. The maximum Gasteiger partial charge on any atom is 0.490 e. The van der Waals surface area contributed by atoms with Crippen molar-refractivity contribution in [3.63, 3.8) is 0 Å². The lowest BCUT2D eigenvalue weighted by Crippen LogP contribution is -2.21. The van der Waals surface area contributed by atoms with Gasteiger partial charge in [-0.3, -0.25) is 14.3 Å². The van der Waals surface area contributed by atoms with Crippen LogP contribution in [-0.2, 0) is 24.2 Å². The number of rotatable bonds is 8. The van der Waals surface area contributed by atoms with Gasteiger partial charge in [0.25, 0.3) is 11.4 Å². The van der Waals surface area contributed by atoms with Gasteiger partial charge in [-0.25, -0.2) is 14.2 Å². The third-order valence-electron chi connectivity index (χ3n) is 5.46. The van der Waals surface area contributed by atoms with Crippen molar-refractivity contribution < 1.29 is 27.6 Å². The van der Waals surface area contributed by atoms with Gasteiger partial charge in [0.15, 0.2) is 21.7 Å². The van der Waals surface area contributed by atoms with Crippen LogP contribution in [-0.4, -0.2) is 61.5 Å². The van der Waals surface area contributed by atoms with Gasteiger partial charge in [-0.2, -0.15) is 18.2 Å². The molecular formula is C22H21BrF3N9O4. The molecule has 0 spiro atoms. The summed E-state index contributed by atoms with van der Waals surface area (Å²) in [6.45, 7) is 2.84. The lowest BCUT2D eigenvalue weighted by Gasteiger charge is -2.09. The first kappa shape index (κ1) is 27.9. The third-order valence-corrected chi connectivity index (χ3v) is 5.83. The number of imidazole rings is 1. The van der Waals surface area contributed by atoms with Crippen LogP contribution >= 0.6 is 15.9 Å². The number of H-pyrrole nitrogens is 1. The first-order valence-electron chi connectivity index (χ1n) is 11.6. The number of carboxylic acid groups (broad SMARTS) is 1. The number of nitrogens with zero attached hydrogens (tertiary/aromatic N) is 8. The number of unbranched alkanes of at least 4 members (excludes halogenated alkanes) is 2. The predicted molar refractivity (Wildman–Crippen MR) is 133 cm³/mol. The molecule has 0 saturated heterocycles. The molecule has 39 heavy (non-hydrogen) atoms. The summed E-state index contributed by atoms with van der Waals surface area (Å²) in [5, 5.41) is 19.8. The minimum absolute atomic E-state index is 0.232. The van der Waals surface area contributed by atoms with Crippen LogP contribution < -0.4 is 5.56 Å². The molecule has 0 aliphatic carbocycles. The van der Waals surface area contributed by atoms with E-state index in [1.165, 1.54) is 0 Å². The minimum atomic E-state index is -5.08. The monoisotopic (exact) mass is 611 g/mol. The minimum Gasteiger partial charge on any atom is -0.475 e. The Labute approximate surface area is 225 Å². The van der Waals surface area contributed by atoms with Crippen molar-refractivity contribution in [1.82, 2.24) is 44.3 Å². The number of aromatic amines is 1. The van der Waals surface area contributed by atoms with Gasteiger partial charge in [0.2, 0.25) is 5.78 Å². The number of hydrogen-bond acceptors (Lipinski definition) is 9. The van der Waals surface area contributed by atoms with Crippen LogP contribution in [0.2, 0.25) is 0 Å². The Morgan fingerprint density at radius 1 is 1.21 bits per heavy atom. The Morgan fingerprint density at radius 2 is 1.97 bits per heavy atom. The number of hydrogen-bond donors (Lipinski definition) is 2. The molecule has 5 rings (SSSR count). The van der Waals surface area contributed by atoms with E-state index in [1.54, 1.807) is 16.8 Å². The summed E-state index contributed by atoms with van der Waals surface area (Å²) >= 11 is 3.34. The van der Waals surface area contributed by atoms with Crippen molar-refractivity contribution in [2.24, 2.45) is 0 Å². The van der Waals surface area contributed by atoms with E-state index in [0.717, 1.165) is 24.8 Å². The van der Waals surface area contributed by atoms with Crippen LogP contribution in [0.25, 0.3) is 28.4 Å². The van der Waals surface area contributed by atoms with E-state index in [2.05, 4.69) is 58.1 Å². The van der Waals surface area contributed by atoms with Gasteiger partial charge in [-0.1, -0.05) is 24.9 Å². The molecule has 5 aromatic heterocycles. The van der Waals surface area contributed by atoms with Crippen LogP contribution in [0.1, 0.15) is 37.8 Å². The van der Waals surface area contributed by atoms with E-state index in [9.17, 15) is 18.0 Å². The van der Waals surface area contributed by atoms with Gasteiger partial charge >= 0.3 is 12.1 Å². The van der Waals surface area contributed by atoms with E-state index in [4.69, 9.17) is 14.4 Å². The fourth-order valence-corrected chi connectivity index (χ4v) is 4.02. The van der Waals surface area contributed by atoms with Crippen molar-refractivity contribution in [2.45, 2.75) is 51.7 Å². The van der Waals surface area contributed by atoms with Crippen molar-refractivity contribution in [1.29, 1.82) is 0 Å². The molecule has 0 bridgehead atoms. The number of aliphatic carboxylic acids is 1. The van der Waals surface area contributed by atoms with Crippen molar-refractivity contribution in [2.75, 3.05) is 0 Å². The summed E-state index contributed by atoms with van der Waals surface area (Å²) in [6.07, 6.45) is 2.26. The Bertz CT molecular complexity index is 1640. The van der Waals surface area contributed by atoms with Crippen molar-refractivity contribution in [3.8, 4) is 11.5 Å². The molecule has 0 fully saturated rings. The number of alkyl halides is 3. The zero-order chi connectivity index (χ0) is 28.2. The molecular weight excluding hydrogens is 591 g/mol. The third kappa shape index (κ3) is 6.30. The quantitative estimate of drug-likeness (QED) is 0.195. The Hall–Kier alpha value is -4.15. The van der Waals surface area contributed by atoms with Crippen LogP contribution in [0.3, 0.4) is 0 Å².